The van der Waals surface area contributed by atoms with Crippen LogP contribution in [0.5, 0.6) is 0 Å². The fourth-order valence-corrected chi connectivity index (χ4v) is 8.82. The first kappa shape index (κ1) is 66.3. The van der Waals surface area contributed by atoms with E-state index < -0.39 is 84.7 Å². The van der Waals surface area contributed by atoms with Crippen LogP contribution >= 0.6 is 22.6 Å². The van der Waals surface area contributed by atoms with E-state index in [-0.39, 0.29) is 142 Å². The molecule has 27 nitrogen and oxygen atoms in total. The van der Waals surface area contributed by atoms with Crippen LogP contribution in [0.4, 0.5) is 4.79 Å². The van der Waals surface area contributed by atoms with Gasteiger partial charge in [-0.3, -0.25) is 58.0 Å². The topological polar surface area (TPSA) is 394 Å². The molecule has 1 aliphatic heterocycles. The first-order chi connectivity index (χ1) is 37.5. The van der Waals surface area contributed by atoms with Crippen LogP contribution in [0.2, 0.25) is 0 Å². The van der Waals surface area contributed by atoms with E-state index in [0.29, 0.717) is 30.4 Å². The zero-order valence-electron chi connectivity index (χ0n) is 43.8. The average molecular weight is 1230 g/mol. The summed E-state index contributed by atoms with van der Waals surface area (Å²) in [4.78, 5) is 142. The molecule has 0 aromatic heterocycles. The van der Waals surface area contributed by atoms with Gasteiger partial charge in [-0.05, 0) is 103 Å². The first-order valence-corrected chi connectivity index (χ1v) is 26.8. The molecule has 1 heterocycles. The number of unbranched alkanes of at least 4 members (excludes halogenated alkanes) is 2. The van der Waals surface area contributed by atoms with Gasteiger partial charge in [0.25, 0.3) is 5.91 Å². The Morgan fingerprint density at radius 1 is 0.519 bits per heavy atom. The second-order valence-corrected chi connectivity index (χ2v) is 20.1. The van der Waals surface area contributed by atoms with Crippen molar-refractivity contribution in [2.45, 2.75) is 95.4 Å². The third-order valence-corrected chi connectivity index (χ3v) is 13.5. The Morgan fingerprint density at radius 2 is 1.03 bits per heavy atom. The molecular formula is C51H72IN9O18. The number of carbonyl (C=O) groups is 11. The molecule has 79 heavy (non-hydrogen) atoms. The fraction of sp³-hybridized carbons (Fsp3) is 0.549. The monoisotopic (exact) mass is 1230 g/mol. The third-order valence-electron chi connectivity index (χ3n) is 12.8. The van der Waals surface area contributed by atoms with Crippen LogP contribution < -0.4 is 21.3 Å². The number of carbonyl (C=O) groups excluding carboxylic acids is 4. The summed E-state index contributed by atoms with van der Waals surface area (Å²) in [6.45, 7) is 0.770. The predicted octanol–water partition coefficient (Wildman–Crippen LogP) is 0.786. The van der Waals surface area contributed by atoms with Gasteiger partial charge in [0.05, 0.1) is 19.6 Å². The number of nitrogens with one attached hydrogen (secondary N) is 4. The summed E-state index contributed by atoms with van der Waals surface area (Å²) in [5.41, 5.74) is 1.86. The molecule has 5 amide bonds. The molecule has 1 aliphatic rings. The highest BCUT2D eigenvalue weighted by Gasteiger charge is 2.29. The summed E-state index contributed by atoms with van der Waals surface area (Å²) in [6, 6.07) is 8.84. The molecule has 0 saturated carbocycles. The van der Waals surface area contributed by atoms with Gasteiger partial charge >= 0.3 is 47.8 Å². The van der Waals surface area contributed by atoms with Crippen molar-refractivity contribution in [1.82, 2.24) is 45.8 Å². The number of carboxylic acid groups (broad SMARTS) is 7. The number of rotatable bonds is 33. The van der Waals surface area contributed by atoms with Crippen LogP contribution in [0.15, 0.2) is 48.5 Å². The molecule has 2 aromatic carbocycles. The Morgan fingerprint density at radius 3 is 1.52 bits per heavy atom. The van der Waals surface area contributed by atoms with Crippen molar-refractivity contribution in [3.8, 4) is 0 Å². The molecule has 3 atom stereocenters. The highest BCUT2D eigenvalue weighted by atomic mass is 127. The summed E-state index contributed by atoms with van der Waals surface area (Å²) in [6.07, 6.45) is 0.409. The van der Waals surface area contributed by atoms with Crippen LogP contribution in [0.3, 0.4) is 0 Å². The van der Waals surface area contributed by atoms with E-state index in [1.54, 1.807) is 48.8 Å². The number of benzene rings is 2. The van der Waals surface area contributed by atoms with E-state index >= 15 is 0 Å². The molecule has 1 fully saturated rings. The first-order valence-electron chi connectivity index (χ1n) is 25.7. The summed E-state index contributed by atoms with van der Waals surface area (Å²) in [7, 11) is 0. The molecule has 11 N–H and O–H groups in total. The van der Waals surface area contributed by atoms with Gasteiger partial charge in [-0.1, -0.05) is 24.3 Å². The minimum atomic E-state index is -1.54. The standard InChI is InChI=1S/C51H72IN9O18/c52-37-13-9-35(10-14-37)30-61(20-4-2-5-38(48(73)74)55-51(79)56-39(49(75)76)15-18-43(64)65)42(63)6-1-3-19-53-47(72)36-11-7-34(8-12-36)29-54-41(62)17-16-40(50(77)78)60-27-25-58(32-45(68)69)23-21-57(31-44(66)67)22-24-59(26-28-60)33-46(70)71/h7-14,38-40H,1-6,15-33H2,(H,53,72)(H,54,62)(H,64,65)(H,66,67)(H,68,69)(H,70,71)(H,73,74)(H,75,76)(H,77,78)(H2,55,56,79)/t38-,39-,40?/m1/s1. The smallest absolute Gasteiger partial charge is 0.326 e. The van der Waals surface area contributed by atoms with Gasteiger partial charge in [0.15, 0.2) is 0 Å². The van der Waals surface area contributed by atoms with Gasteiger partial charge in [-0.15, -0.1) is 0 Å². The minimum Gasteiger partial charge on any atom is -0.481 e. The molecular weight excluding hydrogens is 1150 g/mol. The van der Waals surface area contributed by atoms with E-state index in [1.807, 2.05) is 24.3 Å². The number of nitrogens with zero attached hydrogens (tertiary/aromatic N) is 5. The van der Waals surface area contributed by atoms with Crippen LogP contribution in [0, 0.1) is 3.57 Å². The van der Waals surface area contributed by atoms with E-state index in [9.17, 15) is 83.4 Å². The SMILES string of the molecule is O=C(O)CC[C@@H](NC(=O)N[C@H](CCCCN(Cc1ccc(I)cc1)C(=O)CCCCNC(=O)c1ccc(CNC(=O)CCC(C(=O)O)N2CCN(CC(=O)O)CCN(CC(=O)O)CCN(CC(=O)O)CC2)cc1)C(=O)O)C(=O)O. The average Bonchev–Trinajstić information content (AvgIpc) is 3.38. The van der Waals surface area contributed by atoms with Gasteiger partial charge in [0.1, 0.15) is 18.1 Å². The molecule has 436 valence electrons. The Hall–Kier alpha value is -7.02. The second-order valence-electron chi connectivity index (χ2n) is 18.9. The summed E-state index contributed by atoms with van der Waals surface area (Å²) in [5.74, 6) is -9.67. The molecule has 0 radical (unpaired) electrons. The lowest BCUT2D eigenvalue weighted by Crippen LogP contribution is -2.52. The van der Waals surface area contributed by atoms with E-state index in [1.165, 1.54) is 0 Å². The quantitative estimate of drug-likeness (QED) is 0.0347. The maximum absolute atomic E-state index is 13.5. The van der Waals surface area contributed by atoms with Crippen molar-refractivity contribution in [3.05, 3.63) is 68.8 Å². The van der Waals surface area contributed by atoms with Crippen molar-refractivity contribution < 1.29 is 88.5 Å². The van der Waals surface area contributed by atoms with Gasteiger partial charge < -0.3 is 61.9 Å². The third kappa shape index (κ3) is 27.4. The highest BCUT2D eigenvalue weighted by Crippen LogP contribution is 2.15. The van der Waals surface area contributed by atoms with Crippen LogP contribution in [-0.2, 0) is 56.2 Å². The number of aliphatic carboxylic acids is 7. The minimum absolute atomic E-state index is 0.0404. The van der Waals surface area contributed by atoms with Crippen LogP contribution in [0.1, 0.15) is 85.7 Å². The van der Waals surface area contributed by atoms with Crippen LogP contribution in [-0.4, -0.2) is 229 Å². The van der Waals surface area contributed by atoms with Gasteiger partial charge in [-0.25, -0.2) is 14.4 Å². The Labute approximate surface area is 469 Å². The molecule has 0 spiro atoms. The van der Waals surface area contributed by atoms with E-state index in [0.717, 1.165) is 9.13 Å². The van der Waals surface area contributed by atoms with Crippen molar-refractivity contribution in [1.29, 1.82) is 0 Å². The summed E-state index contributed by atoms with van der Waals surface area (Å²) in [5, 5.41) is 76.6. The predicted molar refractivity (Wildman–Crippen MR) is 289 cm³/mol. The van der Waals surface area contributed by atoms with Gasteiger partial charge in [-0.2, -0.15) is 0 Å². The Kier molecular flexibility index (Phi) is 29.8. The second kappa shape index (κ2) is 35.5. The molecule has 1 saturated heterocycles. The number of hydrogen-bond acceptors (Lipinski definition) is 15. The van der Waals surface area contributed by atoms with E-state index in [4.69, 9.17) is 5.11 Å². The molecule has 0 aliphatic carbocycles. The number of halogens is 1. The Balaban J connectivity index is 1.49. The summed E-state index contributed by atoms with van der Waals surface area (Å²) < 4.78 is 0.999. The van der Waals surface area contributed by atoms with Crippen molar-refractivity contribution in [2.75, 3.05) is 85.1 Å². The lowest BCUT2D eigenvalue weighted by Gasteiger charge is -2.35. The van der Waals surface area contributed by atoms with Gasteiger partial charge in [0, 0.05) is 107 Å². The summed E-state index contributed by atoms with van der Waals surface area (Å²) >= 11 is 2.16. The lowest BCUT2D eigenvalue weighted by molar-refractivity contribution is -0.145. The largest absolute Gasteiger partial charge is 0.481 e. The van der Waals surface area contributed by atoms with E-state index in [2.05, 4.69) is 43.9 Å². The molecule has 28 heteroatoms. The molecule has 3 rings (SSSR count). The fourth-order valence-electron chi connectivity index (χ4n) is 8.46. The molecule has 2 aromatic rings. The maximum atomic E-state index is 13.5. The zero-order chi connectivity index (χ0) is 58.4. The number of hydrogen-bond donors (Lipinski definition) is 11. The zero-order valence-corrected chi connectivity index (χ0v) is 45.9. The number of urea groups is 1. The van der Waals surface area contributed by atoms with Crippen molar-refractivity contribution in [3.63, 3.8) is 0 Å². The molecule has 1 unspecified atom stereocenters. The maximum Gasteiger partial charge on any atom is 0.326 e. The number of amides is 5. The highest BCUT2D eigenvalue weighted by molar-refractivity contribution is 14.1. The lowest BCUT2D eigenvalue weighted by atomic mass is 10.1. The van der Waals surface area contributed by atoms with Crippen molar-refractivity contribution in [2.24, 2.45) is 0 Å². The number of carboxylic acids is 7. The Bertz CT molecular complexity index is 2350. The van der Waals surface area contributed by atoms with Gasteiger partial charge in [0.2, 0.25) is 11.8 Å². The normalized spacial score (nSPS) is 15.2. The molecule has 0 bridgehead atoms. The van der Waals surface area contributed by atoms with Crippen LogP contribution in [0.25, 0.3) is 0 Å². The van der Waals surface area contributed by atoms with Crippen molar-refractivity contribution >= 4 is 88.1 Å².